The Kier molecular flexibility index (Phi) is 5.97. The molecule has 0 bridgehead atoms. The summed E-state index contributed by atoms with van der Waals surface area (Å²) in [6.45, 7) is 5.01. The van der Waals surface area contributed by atoms with Crippen LogP contribution in [0, 0.1) is 6.92 Å². The Bertz CT molecular complexity index is 1150. The number of hydrogen-bond donors (Lipinski definition) is 3. The summed E-state index contributed by atoms with van der Waals surface area (Å²) in [4.78, 5) is 10.1. The lowest BCUT2D eigenvalue weighted by Gasteiger charge is -2.33. The number of aromatic nitrogens is 1. The summed E-state index contributed by atoms with van der Waals surface area (Å²) in [6.07, 6.45) is 3.44. The third-order valence-corrected chi connectivity index (χ3v) is 6.16. The molecule has 2 atom stereocenters. The first-order valence-electron chi connectivity index (χ1n) is 11.4. The molecule has 0 radical (unpaired) electrons. The molecule has 3 aromatic rings. The van der Waals surface area contributed by atoms with E-state index in [1.807, 2.05) is 43.3 Å². The number of β-amino-alcohol motifs (C(OH)–C–C–N with tert-alkyl or cyclic N) is 1. The van der Waals surface area contributed by atoms with Gasteiger partial charge < -0.3 is 34.5 Å². The average Bonchev–Trinajstić information content (AvgIpc) is 3.46. The van der Waals surface area contributed by atoms with Crippen molar-refractivity contribution in [1.82, 2.24) is 9.88 Å². The number of nitrogens with one attached hydrogen (secondary N) is 2. The molecule has 1 saturated heterocycles. The molecule has 2 unspecified atom stereocenters. The number of aliphatic hydroxyl groups is 1. The zero-order valence-electron chi connectivity index (χ0n) is 19.0. The van der Waals surface area contributed by atoms with Gasteiger partial charge >= 0.3 is 5.91 Å². The number of anilines is 1. The summed E-state index contributed by atoms with van der Waals surface area (Å²) in [5.74, 6) is -0.00195. The highest BCUT2D eigenvalue weighted by Crippen LogP contribution is 2.39. The predicted octanol–water partition coefficient (Wildman–Crippen LogP) is 3.60. The highest BCUT2D eigenvalue weighted by molar-refractivity contribution is 5.83. The number of methoxy groups -OCH3 is 1. The molecule has 2 aromatic carbocycles. The van der Waals surface area contributed by atoms with Gasteiger partial charge in [0.2, 0.25) is 0 Å². The summed E-state index contributed by atoms with van der Waals surface area (Å²) < 4.78 is 17.9. The molecule has 1 fully saturated rings. The number of benzene rings is 2. The molecular weight excluding hydrogens is 420 g/mol. The van der Waals surface area contributed by atoms with Crippen molar-refractivity contribution in [3.05, 3.63) is 53.7 Å². The fraction of sp³-hybridized carbons (Fsp3) is 0.400. The summed E-state index contributed by atoms with van der Waals surface area (Å²) >= 11 is 0. The molecule has 8 nitrogen and oxygen atoms in total. The first-order valence-corrected chi connectivity index (χ1v) is 11.4. The molecule has 0 amide bonds. The Labute approximate surface area is 193 Å². The van der Waals surface area contributed by atoms with Crippen molar-refractivity contribution in [3.63, 3.8) is 0 Å². The number of likely N-dealkylation sites (tertiary alicyclic amines) is 1. The Morgan fingerprint density at radius 3 is 2.76 bits per heavy atom. The molecular formula is C25H30N4O4. The quantitative estimate of drug-likeness (QED) is 0.454. The largest absolute Gasteiger partial charge is 0.491 e. The van der Waals surface area contributed by atoms with E-state index in [4.69, 9.17) is 14.2 Å². The van der Waals surface area contributed by atoms with E-state index in [0.29, 0.717) is 18.0 Å². The summed E-state index contributed by atoms with van der Waals surface area (Å²) in [5, 5.41) is 14.5. The van der Waals surface area contributed by atoms with Gasteiger partial charge in [-0.3, -0.25) is 0 Å². The van der Waals surface area contributed by atoms with Crippen LogP contribution in [0.4, 0.5) is 5.69 Å². The third kappa shape index (κ3) is 4.55. The minimum Gasteiger partial charge on any atom is -0.491 e. The van der Waals surface area contributed by atoms with Crippen LogP contribution in [-0.2, 0) is 10.6 Å². The molecule has 0 spiro atoms. The second-order valence-electron chi connectivity index (χ2n) is 8.67. The van der Waals surface area contributed by atoms with Crippen molar-refractivity contribution >= 4 is 22.9 Å². The Hall–Kier alpha value is -3.07. The SMILES string of the molecule is COC1(Oc2ccc3[nH]c(C)cc3c2)N=CNc2cc(OCC(O)CN3CCCC3)ccc21. The van der Waals surface area contributed by atoms with Gasteiger partial charge in [0.05, 0.1) is 17.6 Å². The highest BCUT2D eigenvalue weighted by atomic mass is 16.7. The van der Waals surface area contributed by atoms with Gasteiger partial charge in [0, 0.05) is 36.3 Å². The van der Waals surface area contributed by atoms with E-state index in [0.717, 1.165) is 40.9 Å². The van der Waals surface area contributed by atoms with Crippen LogP contribution in [0.1, 0.15) is 24.1 Å². The molecule has 2 aliphatic rings. The number of rotatable bonds is 8. The Balaban J connectivity index is 1.32. The number of H-pyrrole nitrogens is 1. The highest BCUT2D eigenvalue weighted by Gasteiger charge is 2.39. The van der Waals surface area contributed by atoms with Gasteiger partial charge in [0.1, 0.15) is 24.2 Å². The molecule has 33 heavy (non-hydrogen) atoms. The van der Waals surface area contributed by atoms with E-state index in [1.165, 1.54) is 12.8 Å². The van der Waals surface area contributed by atoms with Gasteiger partial charge in [-0.2, -0.15) is 4.99 Å². The van der Waals surface area contributed by atoms with Crippen LogP contribution in [0.25, 0.3) is 10.9 Å². The van der Waals surface area contributed by atoms with E-state index in [9.17, 15) is 5.11 Å². The fourth-order valence-electron chi connectivity index (χ4n) is 4.54. The molecule has 3 N–H and O–H groups in total. The molecule has 1 aromatic heterocycles. The van der Waals surface area contributed by atoms with Crippen LogP contribution in [0.2, 0.25) is 0 Å². The number of hydrogen-bond acceptors (Lipinski definition) is 7. The maximum absolute atomic E-state index is 10.3. The van der Waals surface area contributed by atoms with Gasteiger partial charge in [-0.15, -0.1) is 0 Å². The van der Waals surface area contributed by atoms with Crippen molar-refractivity contribution in [2.75, 3.05) is 38.7 Å². The Morgan fingerprint density at radius 1 is 1.12 bits per heavy atom. The third-order valence-electron chi connectivity index (χ3n) is 6.16. The van der Waals surface area contributed by atoms with Crippen molar-refractivity contribution in [2.45, 2.75) is 31.8 Å². The molecule has 2 aliphatic heterocycles. The van der Waals surface area contributed by atoms with Crippen LogP contribution in [-0.4, -0.2) is 60.8 Å². The van der Waals surface area contributed by atoms with E-state index in [2.05, 4.69) is 26.3 Å². The number of aliphatic hydroxyl groups excluding tert-OH is 1. The lowest BCUT2D eigenvalue weighted by atomic mass is 10.1. The van der Waals surface area contributed by atoms with Crippen LogP contribution in [0.15, 0.2) is 47.5 Å². The first-order chi connectivity index (χ1) is 16.0. The molecule has 8 heteroatoms. The van der Waals surface area contributed by atoms with E-state index in [-0.39, 0.29) is 6.61 Å². The van der Waals surface area contributed by atoms with Gasteiger partial charge in [-0.25, -0.2) is 0 Å². The molecule has 0 saturated carbocycles. The average molecular weight is 451 g/mol. The minimum absolute atomic E-state index is 0.241. The normalized spacial score (nSPS) is 21.1. The van der Waals surface area contributed by atoms with Crippen LogP contribution < -0.4 is 14.8 Å². The van der Waals surface area contributed by atoms with Crippen LogP contribution >= 0.6 is 0 Å². The lowest BCUT2D eigenvalue weighted by molar-refractivity contribution is -0.165. The fourth-order valence-corrected chi connectivity index (χ4v) is 4.54. The lowest BCUT2D eigenvalue weighted by Crippen LogP contribution is -2.37. The zero-order chi connectivity index (χ0) is 22.8. The van der Waals surface area contributed by atoms with E-state index in [1.54, 1.807) is 13.4 Å². The number of ether oxygens (including phenoxy) is 3. The second kappa shape index (κ2) is 9.05. The number of fused-ring (bicyclic) bond motifs is 2. The second-order valence-corrected chi connectivity index (χ2v) is 8.67. The zero-order valence-corrected chi connectivity index (χ0v) is 19.0. The minimum atomic E-state index is -1.31. The Morgan fingerprint density at radius 2 is 1.94 bits per heavy atom. The maximum atomic E-state index is 10.3. The molecule has 3 heterocycles. The van der Waals surface area contributed by atoms with Gasteiger partial charge in [0.15, 0.2) is 0 Å². The number of nitrogens with zero attached hydrogens (tertiary/aromatic N) is 2. The maximum Gasteiger partial charge on any atom is 0.344 e. The smallest absolute Gasteiger partial charge is 0.344 e. The van der Waals surface area contributed by atoms with Crippen molar-refractivity contribution in [1.29, 1.82) is 0 Å². The topological polar surface area (TPSA) is 91.3 Å². The number of aliphatic imine (C=N–C) groups is 1. The van der Waals surface area contributed by atoms with Crippen molar-refractivity contribution in [2.24, 2.45) is 4.99 Å². The van der Waals surface area contributed by atoms with Gasteiger partial charge in [-0.05, 0) is 69.3 Å². The predicted molar refractivity (Wildman–Crippen MR) is 128 cm³/mol. The van der Waals surface area contributed by atoms with Crippen molar-refractivity contribution < 1.29 is 19.3 Å². The van der Waals surface area contributed by atoms with E-state index < -0.39 is 12.0 Å². The molecule has 0 aliphatic carbocycles. The number of aromatic amines is 1. The van der Waals surface area contributed by atoms with Crippen molar-refractivity contribution in [3.8, 4) is 11.5 Å². The van der Waals surface area contributed by atoms with Crippen LogP contribution in [0.5, 0.6) is 11.5 Å². The van der Waals surface area contributed by atoms with E-state index >= 15 is 0 Å². The molecule has 174 valence electrons. The number of aryl methyl sites for hydroxylation is 1. The van der Waals surface area contributed by atoms with Crippen LogP contribution in [0.3, 0.4) is 0 Å². The summed E-state index contributed by atoms with van der Waals surface area (Å²) in [7, 11) is 1.57. The monoisotopic (exact) mass is 450 g/mol. The summed E-state index contributed by atoms with van der Waals surface area (Å²) in [5.41, 5.74) is 3.65. The molecule has 5 rings (SSSR count). The van der Waals surface area contributed by atoms with Gasteiger partial charge in [0.25, 0.3) is 0 Å². The first kappa shape index (κ1) is 21.8. The summed E-state index contributed by atoms with van der Waals surface area (Å²) in [6, 6.07) is 13.5. The standard InChI is InChI=1S/C25H30N4O4/c1-17-11-18-12-21(6-8-23(18)28-17)33-25(31-2)22-7-5-20(13-24(22)26-16-27-25)32-15-19(30)14-29-9-3-4-10-29/h5-8,11-13,16,19,28,30H,3-4,9-10,14-15H2,1-2H3,(H,26,27). The van der Waals surface area contributed by atoms with Gasteiger partial charge in [-0.1, -0.05) is 0 Å².